The molecule has 138 valence electrons. The maximum atomic E-state index is 13.9. The number of benzene rings is 2. The Morgan fingerprint density at radius 3 is 2.67 bits per heavy atom. The molecule has 4 rings (SSSR count). The third-order valence-electron chi connectivity index (χ3n) is 4.68. The fourth-order valence-electron chi connectivity index (χ4n) is 3.26. The average molecular weight is 388 g/mol. The third-order valence-corrected chi connectivity index (χ3v) is 4.93. The van der Waals surface area contributed by atoms with E-state index in [2.05, 4.69) is 9.97 Å². The van der Waals surface area contributed by atoms with E-state index in [0.717, 1.165) is 11.6 Å². The number of nitrogens with zero attached hydrogens (tertiary/aromatic N) is 2. The van der Waals surface area contributed by atoms with Gasteiger partial charge in [-0.15, -0.1) is 0 Å². The van der Waals surface area contributed by atoms with Crippen LogP contribution in [0.4, 0.5) is 8.78 Å². The van der Waals surface area contributed by atoms with Gasteiger partial charge in [0, 0.05) is 47.4 Å². The zero-order valence-corrected chi connectivity index (χ0v) is 15.1. The third kappa shape index (κ3) is 3.77. The molecule has 4 nitrogen and oxygen atoms in total. The van der Waals surface area contributed by atoms with E-state index in [1.165, 1.54) is 12.1 Å². The predicted octanol–water partition coefficient (Wildman–Crippen LogP) is 3.93. The Balaban J connectivity index is 1.61. The molecular weight excluding hydrogens is 372 g/mol. The second-order valence-electron chi connectivity index (χ2n) is 6.54. The summed E-state index contributed by atoms with van der Waals surface area (Å²) in [5.41, 5.74) is 2.36. The summed E-state index contributed by atoms with van der Waals surface area (Å²) >= 11 is 5.91. The number of fused-ring (bicyclic) bond motifs is 1. The first kappa shape index (κ1) is 17.8. The lowest BCUT2D eigenvalue weighted by molar-refractivity contribution is 0.237. The van der Waals surface area contributed by atoms with Crippen molar-refractivity contribution < 1.29 is 8.78 Å². The van der Waals surface area contributed by atoms with E-state index < -0.39 is 11.6 Å². The van der Waals surface area contributed by atoms with Crippen LogP contribution in [0.3, 0.4) is 0 Å². The molecule has 0 unspecified atom stereocenters. The van der Waals surface area contributed by atoms with Crippen molar-refractivity contribution in [3.8, 4) is 11.4 Å². The molecule has 1 N–H and O–H groups in total. The Morgan fingerprint density at radius 2 is 1.93 bits per heavy atom. The summed E-state index contributed by atoms with van der Waals surface area (Å²) < 4.78 is 27.0. The van der Waals surface area contributed by atoms with Crippen molar-refractivity contribution in [3.05, 3.63) is 86.3 Å². The molecule has 0 saturated heterocycles. The fourth-order valence-corrected chi connectivity index (χ4v) is 3.39. The highest BCUT2D eigenvalue weighted by Crippen LogP contribution is 2.22. The maximum Gasteiger partial charge on any atom is 0.254 e. The van der Waals surface area contributed by atoms with E-state index in [9.17, 15) is 13.6 Å². The molecule has 0 bridgehead atoms. The summed E-state index contributed by atoms with van der Waals surface area (Å²) in [4.78, 5) is 21.9. The van der Waals surface area contributed by atoms with Crippen molar-refractivity contribution in [2.24, 2.45) is 0 Å². The van der Waals surface area contributed by atoms with Gasteiger partial charge in [0.15, 0.2) is 0 Å². The van der Waals surface area contributed by atoms with Crippen LogP contribution in [0.2, 0.25) is 5.02 Å². The maximum absolute atomic E-state index is 13.9. The molecule has 1 aliphatic rings. The Bertz CT molecular complexity index is 1050. The van der Waals surface area contributed by atoms with Crippen LogP contribution in [-0.4, -0.2) is 21.4 Å². The summed E-state index contributed by atoms with van der Waals surface area (Å²) in [5, 5.41) is 0.603. The SMILES string of the molecule is O=c1[nH]c(-c2ccc(Cl)cc2)nc2c1CCN(Cc1ccc(F)cc1F)C2. The standard InChI is InChI=1S/C20H16ClF2N3O/c21-14-4-1-12(2-5-14)19-24-18-11-26(8-7-16(18)20(27)25-19)10-13-3-6-15(22)9-17(13)23/h1-6,9H,7-8,10-11H2,(H,24,25,27). The number of nitrogens with one attached hydrogen (secondary N) is 1. The molecule has 3 aromatic rings. The van der Waals surface area contributed by atoms with Crippen molar-refractivity contribution in [1.29, 1.82) is 0 Å². The number of hydrogen-bond donors (Lipinski definition) is 1. The number of hydrogen-bond acceptors (Lipinski definition) is 3. The monoisotopic (exact) mass is 387 g/mol. The number of aromatic amines is 1. The predicted molar refractivity (Wildman–Crippen MR) is 99.5 cm³/mol. The van der Waals surface area contributed by atoms with Crippen LogP contribution < -0.4 is 5.56 Å². The first-order chi connectivity index (χ1) is 13.0. The number of H-pyrrole nitrogens is 1. The van der Waals surface area contributed by atoms with E-state index in [1.807, 2.05) is 4.90 Å². The van der Waals surface area contributed by atoms with E-state index in [1.54, 1.807) is 24.3 Å². The van der Waals surface area contributed by atoms with Gasteiger partial charge in [-0.2, -0.15) is 0 Å². The Labute approximate surface area is 159 Å². The average Bonchev–Trinajstić information content (AvgIpc) is 2.64. The van der Waals surface area contributed by atoms with Crippen LogP contribution >= 0.6 is 11.6 Å². The van der Waals surface area contributed by atoms with Gasteiger partial charge >= 0.3 is 0 Å². The van der Waals surface area contributed by atoms with Gasteiger partial charge in [0.25, 0.3) is 5.56 Å². The second kappa shape index (κ2) is 7.21. The van der Waals surface area contributed by atoms with Gasteiger partial charge in [-0.05, 0) is 36.8 Å². The van der Waals surface area contributed by atoms with Crippen molar-refractivity contribution in [2.75, 3.05) is 6.54 Å². The zero-order chi connectivity index (χ0) is 19.0. The van der Waals surface area contributed by atoms with Crippen LogP contribution in [0.25, 0.3) is 11.4 Å². The lowest BCUT2D eigenvalue weighted by Gasteiger charge is -2.27. The van der Waals surface area contributed by atoms with Gasteiger partial charge in [0.2, 0.25) is 0 Å². The molecule has 0 amide bonds. The summed E-state index contributed by atoms with van der Waals surface area (Å²) in [7, 11) is 0. The van der Waals surface area contributed by atoms with Crippen LogP contribution in [0, 0.1) is 11.6 Å². The highest BCUT2D eigenvalue weighted by Gasteiger charge is 2.22. The van der Waals surface area contributed by atoms with E-state index in [0.29, 0.717) is 53.7 Å². The molecule has 0 atom stereocenters. The van der Waals surface area contributed by atoms with Crippen LogP contribution in [-0.2, 0) is 19.5 Å². The summed E-state index contributed by atoms with van der Waals surface area (Å²) in [6.07, 6.45) is 0.529. The zero-order valence-electron chi connectivity index (χ0n) is 14.3. The molecule has 1 aromatic heterocycles. The van der Waals surface area contributed by atoms with Gasteiger partial charge < -0.3 is 4.98 Å². The summed E-state index contributed by atoms with van der Waals surface area (Å²) in [6, 6.07) is 10.6. The minimum atomic E-state index is -0.596. The van der Waals surface area contributed by atoms with Crippen LogP contribution in [0.15, 0.2) is 47.3 Å². The normalized spacial score (nSPS) is 14.2. The van der Waals surface area contributed by atoms with E-state index in [4.69, 9.17) is 11.6 Å². The number of rotatable bonds is 3. The molecular formula is C20H16ClF2N3O. The van der Waals surface area contributed by atoms with Gasteiger partial charge in [-0.1, -0.05) is 17.7 Å². The molecule has 0 aliphatic carbocycles. The molecule has 7 heteroatoms. The van der Waals surface area contributed by atoms with Gasteiger partial charge in [0.05, 0.1) is 5.69 Å². The van der Waals surface area contributed by atoms with Gasteiger partial charge in [-0.3, -0.25) is 9.69 Å². The Hall–Kier alpha value is -2.57. The second-order valence-corrected chi connectivity index (χ2v) is 6.98. The summed E-state index contributed by atoms with van der Waals surface area (Å²) in [6.45, 7) is 1.36. The Morgan fingerprint density at radius 1 is 1.15 bits per heavy atom. The molecule has 27 heavy (non-hydrogen) atoms. The minimum Gasteiger partial charge on any atom is -0.306 e. The number of aromatic nitrogens is 2. The van der Waals surface area contributed by atoms with Crippen LogP contribution in [0.5, 0.6) is 0 Å². The topological polar surface area (TPSA) is 49.0 Å². The van der Waals surface area contributed by atoms with Crippen molar-refractivity contribution >= 4 is 11.6 Å². The van der Waals surface area contributed by atoms with Gasteiger partial charge in [0.1, 0.15) is 17.5 Å². The first-order valence-electron chi connectivity index (χ1n) is 8.54. The fraction of sp³-hybridized carbons (Fsp3) is 0.200. The molecule has 2 heterocycles. The highest BCUT2D eigenvalue weighted by atomic mass is 35.5. The smallest absolute Gasteiger partial charge is 0.254 e. The molecule has 1 aliphatic heterocycles. The molecule has 0 saturated carbocycles. The Kier molecular flexibility index (Phi) is 4.76. The molecule has 0 radical (unpaired) electrons. The van der Waals surface area contributed by atoms with Crippen molar-refractivity contribution in [3.63, 3.8) is 0 Å². The van der Waals surface area contributed by atoms with Crippen LogP contribution in [0.1, 0.15) is 16.8 Å². The van der Waals surface area contributed by atoms with Crippen molar-refractivity contribution in [2.45, 2.75) is 19.5 Å². The first-order valence-corrected chi connectivity index (χ1v) is 8.91. The minimum absolute atomic E-state index is 0.155. The van der Waals surface area contributed by atoms with E-state index in [-0.39, 0.29) is 5.56 Å². The quantitative estimate of drug-likeness (QED) is 0.741. The molecule has 0 fully saturated rings. The molecule has 0 spiro atoms. The lowest BCUT2D eigenvalue weighted by Crippen LogP contribution is -2.35. The number of halogens is 3. The lowest BCUT2D eigenvalue weighted by atomic mass is 10.0. The van der Waals surface area contributed by atoms with E-state index >= 15 is 0 Å². The largest absolute Gasteiger partial charge is 0.306 e. The van der Waals surface area contributed by atoms with Crippen molar-refractivity contribution in [1.82, 2.24) is 14.9 Å². The molecule has 2 aromatic carbocycles. The van der Waals surface area contributed by atoms with Gasteiger partial charge in [-0.25, -0.2) is 13.8 Å². The summed E-state index contributed by atoms with van der Waals surface area (Å²) in [5.74, 6) is -0.687. The highest BCUT2D eigenvalue weighted by molar-refractivity contribution is 6.30.